The van der Waals surface area contributed by atoms with Gasteiger partial charge in [-0.05, 0) is 60.7 Å². The highest BCUT2D eigenvalue weighted by atomic mass is 15.1. The number of hydrogen-bond donors (Lipinski definition) is 3. The molecular weight excluding hydrogens is 500 g/mol. The summed E-state index contributed by atoms with van der Waals surface area (Å²) in [6.45, 7) is 10.1. The quantitative estimate of drug-likeness (QED) is 0.193. The van der Waals surface area contributed by atoms with Gasteiger partial charge in [0.15, 0.2) is 0 Å². The van der Waals surface area contributed by atoms with Gasteiger partial charge in [0, 0.05) is 16.8 Å². The predicted molar refractivity (Wildman–Crippen MR) is 178 cm³/mol. The maximum atomic E-state index is 6.04. The van der Waals surface area contributed by atoms with Crippen LogP contribution in [0.3, 0.4) is 0 Å². The summed E-state index contributed by atoms with van der Waals surface area (Å²) >= 11 is 0. The van der Waals surface area contributed by atoms with Crippen LogP contribution in [-0.4, -0.2) is 4.57 Å². The fourth-order valence-corrected chi connectivity index (χ4v) is 4.87. The molecular formula is C37H46N4. The normalized spacial score (nSPS) is 12.9. The summed E-state index contributed by atoms with van der Waals surface area (Å²) in [6, 6.07) is 37.2. The Morgan fingerprint density at radius 3 is 1.73 bits per heavy atom. The van der Waals surface area contributed by atoms with Gasteiger partial charge in [-0.25, -0.2) is 0 Å². The largest absolute Gasteiger partial charge is 0.312 e. The van der Waals surface area contributed by atoms with Crippen LogP contribution in [0.1, 0.15) is 74.4 Å². The van der Waals surface area contributed by atoms with Gasteiger partial charge in [-0.2, -0.15) is 0 Å². The molecule has 1 aromatic heterocycles. The SMILES string of the molecule is CC.CC.Cc1ccc(-n2c3c(c4ccccc42)CCC=C3)cc1.NC(NC(N)c1ccccc1)c1ccccc1. The van der Waals surface area contributed by atoms with E-state index in [1.54, 1.807) is 0 Å². The van der Waals surface area contributed by atoms with Gasteiger partial charge in [-0.15, -0.1) is 0 Å². The zero-order chi connectivity index (χ0) is 29.6. The van der Waals surface area contributed by atoms with E-state index in [2.05, 4.69) is 77.5 Å². The summed E-state index contributed by atoms with van der Waals surface area (Å²) in [7, 11) is 0. The smallest absolute Gasteiger partial charge is 0.0824 e. The van der Waals surface area contributed by atoms with E-state index in [1.165, 1.54) is 33.4 Å². The molecule has 4 nitrogen and oxygen atoms in total. The van der Waals surface area contributed by atoms with Crippen molar-refractivity contribution in [3.05, 3.63) is 143 Å². The molecule has 0 spiro atoms. The van der Waals surface area contributed by atoms with E-state index in [9.17, 15) is 0 Å². The Morgan fingerprint density at radius 1 is 0.659 bits per heavy atom. The standard InChI is InChI=1S/C19H17N.C14H17N3.2C2H6/c1-14-10-12-15(13-11-14)20-18-8-4-2-6-16(18)17-7-3-5-9-19(17)20;15-13(11-7-3-1-4-8-11)17-14(16)12-9-5-2-6-10-12;2*1-2/h2,4-6,8-13H,3,7H2,1H3;1-10,13-14,17H,15-16H2;2*1-2H3. The zero-order valence-electron chi connectivity index (χ0n) is 25.2. The molecule has 0 amide bonds. The Morgan fingerprint density at radius 2 is 1.17 bits per heavy atom. The minimum atomic E-state index is -0.258. The molecule has 1 aliphatic carbocycles. The molecule has 5 aromatic rings. The third-order valence-corrected chi connectivity index (χ3v) is 6.83. The van der Waals surface area contributed by atoms with Crippen molar-refractivity contribution < 1.29 is 0 Å². The number of para-hydroxylation sites is 1. The lowest BCUT2D eigenvalue weighted by Gasteiger charge is -2.20. The van der Waals surface area contributed by atoms with Crippen LogP contribution in [0.5, 0.6) is 0 Å². The molecule has 2 unspecified atom stereocenters. The number of hydrogen-bond acceptors (Lipinski definition) is 3. The first-order valence-corrected chi connectivity index (χ1v) is 14.8. The second kappa shape index (κ2) is 16.3. The molecule has 6 rings (SSSR count). The number of allylic oxidation sites excluding steroid dienone is 1. The van der Waals surface area contributed by atoms with Crippen LogP contribution in [0.25, 0.3) is 22.7 Å². The molecule has 5 N–H and O–H groups in total. The summed E-state index contributed by atoms with van der Waals surface area (Å²) in [5.41, 5.74) is 20.8. The first-order chi connectivity index (χ1) is 20.1. The maximum Gasteiger partial charge on any atom is 0.0824 e. The Kier molecular flexibility index (Phi) is 12.6. The number of rotatable bonds is 5. The van der Waals surface area contributed by atoms with Gasteiger partial charge in [0.25, 0.3) is 0 Å². The second-order valence-electron chi connectivity index (χ2n) is 9.44. The number of fused-ring (bicyclic) bond motifs is 3. The minimum Gasteiger partial charge on any atom is -0.312 e. The lowest BCUT2D eigenvalue weighted by atomic mass is 10.0. The van der Waals surface area contributed by atoms with Crippen LogP contribution in [0.2, 0.25) is 0 Å². The average molecular weight is 547 g/mol. The van der Waals surface area contributed by atoms with Crippen molar-refractivity contribution in [3.8, 4) is 5.69 Å². The van der Waals surface area contributed by atoms with Crippen molar-refractivity contribution in [1.82, 2.24) is 9.88 Å². The van der Waals surface area contributed by atoms with Gasteiger partial charge >= 0.3 is 0 Å². The Hall–Kier alpha value is -3.96. The first kappa shape index (κ1) is 31.6. The van der Waals surface area contributed by atoms with E-state index in [0.717, 1.165) is 24.0 Å². The summed E-state index contributed by atoms with van der Waals surface area (Å²) < 4.78 is 2.39. The van der Waals surface area contributed by atoms with Crippen LogP contribution in [0, 0.1) is 6.92 Å². The molecule has 214 valence electrons. The average Bonchev–Trinajstić information content (AvgIpc) is 3.39. The van der Waals surface area contributed by atoms with Crippen molar-refractivity contribution in [1.29, 1.82) is 0 Å². The van der Waals surface area contributed by atoms with Crippen molar-refractivity contribution in [3.63, 3.8) is 0 Å². The van der Waals surface area contributed by atoms with Gasteiger partial charge < -0.3 is 16.0 Å². The Labute approximate surface area is 246 Å². The van der Waals surface area contributed by atoms with Crippen LogP contribution in [-0.2, 0) is 6.42 Å². The van der Waals surface area contributed by atoms with E-state index in [1.807, 2.05) is 88.4 Å². The van der Waals surface area contributed by atoms with Gasteiger partial charge in [0.05, 0.1) is 17.8 Å². The van der Waals surface area contributed by atoms with Crippen LogP contribution < -0.4 is 16.8 Å². The highest BCUT2D eigenvalue weighted by Gasteiger charge is 2.17. The molecule has 0 radical (unpaired) electrons. The minimum absolute atomic E-state index is 0.258. The highest BCUT2D eigenvalue weighted by molar-refractivity contribution is 5.90. The molecule has 0 aliphatic heterocycles. The molecule has 0 saturated carbocycles. The van der Waals surface area contributed by atoms with Gasteiger partial charge in [-0.3, -0.25) is 5.32 Å². The Bertz CT molecular complexity index is 1430. The summed E-state index contributed by atoms with van der Waals surface area (Å²) in [4.78, 5) is 0. The number of aryl methyl sites for hydroxylation is 2. The third-order valence-electron chi connectivity index (χ3n) is 6.83. The Balaban J connectivity index is 0.000000204. The molecule has 2 atom stereocenters. The number of nitrogens with one attached hydrogen (secondary N) is 1. The summed E-state index contributed by atoms with van der Waals surface area (Å²) in [6.07, 6.45) is 6.34. The van der Waals surface area contributed by atoms with Crippen molar-refractivity contribution >= 4 is 17.0 Å². The summed E-state index contributed by atoms with van der Waals surface area (Å²) in [5.74, 6) is 0. The van der Waals surface area contributed by atoms with Crippen LogP contribution >= 0.6 is 0 Å². The maximum absolute atomic E-state index is 6.04. The molecule has 1 heterocycles. The molecule has 0 saturated heterocycles. The van der Waals surface area contributed by atoms with E-state index in [4.69, 9.17) is 11.5 Å². The molecule has 4 aromatic carbocycles. The van der Waals surface area contributed by atoms with Gasteiger partial charge in [-0.1, -0.05) is 130 Å². The van der Waals surface area contributed by atoms with Gasteiger partial charge in [0.1, 0.15) is 0 Å². The fourth-order valence-electron chi connectivity index (χ4n) is 4.87. The van der Waals surface area contributed by atoms with Crippen molar-refractivity contribution in [2.24, 2.45) is 11.5 Å². The predicted octanol–water partition coefficient (Wildman–Crippen LogP) is 8.84. The number of benzene rings is 4. The number of nitrogens with zero attached hydrogens (tertiary/aromatic N) is 1. The fraction of sp³-hybridized carbons (Fsp3) is 0.243. The molecule has 41 heavy (non-hydrogen) atoms. The van der Waals surface area contributed by atoms with E-state index >= 15 is 0 Å². The van der Waals surface area contributed by atoms with Crippen LogP contribution in [0.15, 0.2) is 115 Å². The third kappa shape index (κ3) is 8.05. The molecule has 0 bridgehead atoms. The monoisotopic (exact) mass is 546 g/mol. The summed E-state index contributed by atoms with van der Waals surface area (Å²) in [5, 5.41) is 4.56. The van der Waals surface area contributed by atoms with E-state index < -0.39 is 0 Å². The number of aromatic nitrogens is 1. The van der Waals surface area contributed by atoms with Gasteiger partial charge in [0.2, 0.25) is 0 Å². The number of nitrogens with two attached hydrogens (primary N) is 2. The highest BCUT2D eigenvalue weighted by Crippen LogP contribution is 2.33. The molecule has 0 fully saturated rings. The lowest BCUT2D eigenvalue weighted by molar-refractivity contribution is 0.464. The van der Waals surface area contributed by atoms with E-state index in [-0.39, 0.29) is 12.3 Å². The van der Waals surface area contributed by atoms with E-state index in [0.29, 0.717) is 0 Å². The molecule has 1 aliphatic rings. The van der Waals surface area contributed by atoms with Crippen molar-refractivity contribution in [2.75, 3.05) is 0 Å². The topological polar surface area (TPSA) is 69.0 Å². The first-order valence-electron chi connectivity index (χ1n) is 14.8. The zero-order valence-corrected chi connectivity index (χ0v) is 25.2. The molecule has 4 heteroatoms. The lowest BCUT2D eigenvalue weighted by Crippen LogP contribution is -2.36. The second-order valence-corrected chi connectivity index (χ2v) is 9.44. The van der Waals surface area contributed by atoms with Crippen molar-refractivity contribution in [2.45, 2.75) is 59.8 Å². The van der Waals surface area contributed by atoms with Crippen LogP contribution in [0.4, 0.5) is 0 Å².